The van der Waals surface area contributed by atoms with Crippen molar-refractivity contribution in [3.8, 4) is 11.1 Å². The molecule has 6 heteroatoms. The fraction of sp³-hybridized carbons (Fsp3) is 0.200. The highest BCUT2D eigenvalue weighted by atomic mass is 16.4. The van der Waals surface area contributed by atoms with E-state index in [0.29, 0.717) is 18.5 Å². The summed E-state index contributed by atoms with van der Waals surface area (Å²) in [5.41, 5.74) is 3.77. The zero-order chi connectivity index (χ0) is 21.6. The molecule has 2 aromatic carbocycles. The summed E-state index contributed by atoms with van der Waals surface area (Å²) in [7, 11) is 0. The summed E-state index contributed by atoms with van der Waals surface area (Å²) < 4.78 is 1.98. The molecule has 0 radical (unpaired) electrons. The Morgan fingerprint density at radius 1 is 0.968 bits per heavy atom. The fourth-order valence-electron chi connectivity index (χ4n) is 3.59. The predicted octanol–water partition coefficient (Wildman–Crippen LogP) is 4.63. The molecule has 0 bridgehead atoms. The first kappa shape index (κ1) is 20.5. The molecule has 31 heavy (non-hydrogen) atoms. The van der Waals surface area contributed by atoms with Crippen molar-refractivity contribution in [3.05, 3.63) is 101 Å². The number of hydrogen-bond donors (Lipinski definition) is 1. The summed E-state index contributed by atoms with van der Waals surface area (Å²) in [6.07, 6.45) is 4.08. The van der Waals surface area contributed by atoms with Gasteiger partial charge >= 0.3 is 5.97 Å². The number of carboxylic acids is 1. The molecule has 0 aliphatic rings. The molecule has 0 aliphatic heterocycles. The Morgan fingerprint density at radius 3 is 2.45 bits per heavy atom. The highest BCUT2D eigenvalue weighted by Gasteiger charge is 2.14. The van der Waals surface area contributed by atoms with Gasteiger partial charge in [0.2, 0.25) is 0 Å². The number of pyridine rings is 1. The number of rotatable bonds is 8. The van der Waals surface area contributed by atoms with Gasteiger partial charge in [0.1, 0.15) is 5.82 Å². The molecule has 0 saturated heterocycles. The monoisotopic (exact) mass is 412 g/mol. The van der Waals surface area contributed by atoms with Gasteiger partial charge < -0.3 is 5.11 Å². The van der Waals surface area contributed by atoms with Gasteiger partial charge in [-0.2, -0.15) is 5.10 Å². The maximum absolute atomic E-state index is 11.5. The maximum Gasteiger partial charge on any atom is 0.355 e. The summed E-state index contributed by atoms with van der Waals surface area (Å²) in [6.45, 7) is 2.76. The molecule has 0 saturated carbocycles. The molecule has 4 rings (SSSR count). The molecule has 0 unspecified atom stereocenters. The lowest BCUT2D eigenvalue weighted by Crippen LogP contribution is -2.07. The Morgan fingerprint density at radius 2 is 1.74 bits per heavy atom. The van der Waals surface area contributed by atoms with Crippen molar-refractivity contribution in [2.75, 3.05) is 0 Å². The minimum atomic E-state index is -1.03. The molecule has 0 amide bonds. The van der Waals surface area contributed by atoms with Crippen molar-refractivity contribution in [2.45, 2.75) is 32.7 Å². The lowest BCUT2D eigenvalue weighted by atomic mass is 10.0. The average molecular weight is 412 g/mol. The Labute approximate surface area is 181 Å². The van der Waals surface area contributed by atoms with Crippen LogP contribution in [0.4, 0.5) is 0 Å². The standard InChI is InChI=1S/C25H24N4O2/c1-2-7-23-27-22(16-18-8-4-3-5-9-18)28-29(23)17-19-11-13-20(14-12-19)21-10-6-15-26-24(21)25(30)31/h3-6,8-15H,2,7,16-17H2,1H3,(H,30,31). The van der Waals surface area contributed by atoms with Crippen LogP contribution in [0.1, 0.15) is 46.6 Å². The van der Waals surface area contributed by atoms with Gasteiger partial charge in [-0.25, -0.2) is 19.4 Å². The second-order valence-electron chi connectivity index (χ2n) is 7.42. The van der Waals surface area contributed by atoms with E-state index in [0.717, 1.165) is 35.6 Å². The van der Waals surface area contributed by atoms with Crippen LogP contribution in [-0.2, 0) is 19.4 Å². The Bertz CT molecular complexity index is 1170. The molecule has 0 aliphatic carbocycles. The van der Waals surface area contributed by atoms with Crippen LogP contribution in [-0.4, -0.2) is 30.8 Å². The molecular formula is C25H24N4O2. The van der Waals surface area contributed by atoms with E-state index in [1.54, 1.807) is 12.1 Å². The van der Waals surface area contributed by atoms with Gasteiger partial charge in [0.05, 0.1) is 6.54 Å². The van der Waals surface area contributed by atoms with Crippen molar-refractivity contribution in [2.24, 2.45) is 0 Å². The van der Waals surface area contributed by atoms with Crippen LogP contribution >= 0.6 is 0 Å². The van der Waals surface area contributed by atoms with E-state index in [2.05, 4.69) is 24.0 Å². The highest BCUT2D eigenvalue weighted by Crippen LogP contribution is 2.23. The van der Waals surface area contributed by atoms with Crippen LogP contribution < -0.4 is 0 Å². The van der Waals surface area contributed by atoms with Gasteiger partial charge in [0, 0.05) is 24.6 Å². The predicted molar refractivity (Wildman–Crippen MR) is 119 cm³/mol. The van der Waals surface area contributed by atoms with Gasteiger partial charge in [-0.05, 0) is 29.2 Å². The quantitative estimate of drug-likeness (QED) is 0.456. The zero-order valence-corrected chi connectivity index (χ0v) is 17.4. The number of benzene rings is 2. The van der Waals surface area contributed by atoms with E-state index < -0.39 is 5.97 Å². The topological polar surface area (TPSA) is 80.9 Å². The Hall–Kier alpha value is -3.80. The smallest absolute Gasteiger partial charge is 0.355 e. The first-order chi connectivity index (χ1) is 15.1. The van der Waals surface area contributed by atoms with Gasteiger partial charge in [0.25, 0.3) is 0 Å². The highest BCUT2D eigenvalue weighted by molar-refractivity contribution is 5.93. The van der Waals surface area contributed by atoms with Crippen LogP contribution in [0.25, 0.3) is 11.1 Å². The lowest BCUT2D eigenvalue weighted by molar-refractivity contribution is 0.0691. The third-order valence-corrected chi connectivity index (χ3v) is 5.08. The number of aryl methyl sites for hydroxylation is 1. The van der Waals surface area contributed by atoms with Crippen molar-refractivity contribution in [1.82, 2.24) is 19.7 Å². The average Bonchev–Trinajstić information content (AvgIpc) is 3.16. The molecule has 6 nitrogen and oxygen atoms in total. The van der Waals surface area contributed by atoms with Gasteiger partial charge in [-0.15, -0.1) is 0 Å². The molecule has 0 atom stereocenters. The number of carboxylic acid groups (broad SMARTS) is 1. The van der Waals surface area contributed by atoms with Crippen molar-refractivity contribution in [1.29, 1.82) is 0 Å². The number of aromatic carboxylic acids is 1. The zero-order valence-electron chi connectivity index (χ0n) is 17.4. The lowest BCUT2D eigenvalue weighted by Gasteiger charge is -2.08. The summed E-state index contributed by atoms with van der Waals surface area (Å²) in [6, 6.07) is 21.6. The van der Waals surface area contributed by atoms with Crippen LogP contribution in [0.5, 0.6) is 0 Å². The van der Waals surface area contributed by atoms with Crippen LogP contribution in [0.3, 0.4) is 0 Å². The van der Waals surface area contributed by atoms with Crippen molar-refractivity contribution < 1.29 is 9.90 Å². The molecular weight excluding hydrogens is 388 g/mol. The number of hydrogen-bond acceptors (Lipinski definition) is 4. The van der Waals surface area contributed by atoms with E-state index >= 15 is 0 Å². The molecule has 2 heterocycles. The third kappa shape index (κ3) is 4.86. The second-order valence-corrected chi connectivity index (χ2v) is 7.42. The number of carbonyl (C=O) groups is 1. The first-order valence-corrected chi connectivity index (χ1v) is 10.4. The van der Waals surface area contributed by atoms with E-state index in [1.165, 1.54) is 11.8 Å². The summed E-state index contributed by atoms with van der Waals surface area (Å²) >= 11 is 0. The SMILES string of the molecule is CCCc1nc(Cc2ccccc2)nn1Cc1ccc(-c2cccnc2C(=O)O)cc1. The molecule has 0 spiro atoms. The Kier molecular flexibility index (Phi) is 6.17. The van der Waals surface area contributed by atoms with Gasteiger partial charge in [-0.1, -0.05) is 67.6 Å². The molecule has 1 N–H and O–H groups in total. The largest absolute Gasteiger partial charge is 0.476 e. The summed E-state index contributed by atoms with van der Waals surface area (Å²) in [5, 5.41) is 14.1. The van der Waals surface area contributed by atoms with Crippen LogP contribution in [0, 0.1) is 0 Å². The van der Waals surface area contributed by atoms with E-state index in [9.17, 15) is 9.90 Å². The van der Waals surface area contributed by atoms with Crippen molar-refractivity contribution in [3.63, 3.8) is 0 Å². The van der Waals surface area contributed by atoms with E-state index in [1.807, 2.05) is 47.1 Å². The van der Waals surface area contributed by atoms with Crippen LogP contribution in [0.2, 0.25) is 0 Å². The van der Waals surface area contributed by atoms with Gasteiger partial charge in [0.15, 0.2) is 11.5 Å². The minimum absolute atomic E-state index is 0.0577. The number of nitrogens with zero attached hydrogens (tertiary/aromatic N) is 4. The minimum Gasteiger partial charge on any atom is -0.476 e. The molecule has 156 valence electrons. The summed E-state index contributed by atoms with van der Waals surface area (Å²) in [5.74, 6) is 0.781. The van der Waals surface area contributed by atoms with E-state index in [-0.39, 0.29) is 5.69 Å². The molecule has 0 fully saturated rings. The molecule has 4 aromatic rings. The summed E-state index contributed by atoms with van der Waals surface area (Å²) in [4.78, 5) is 20.2. The second kappa shape index (κ2) is 9.34. The van der Waals surface area contributed by atoms with Crippen LogP contribution in [0.15, 0.2) is 72.9 Å². The third-order valence-electron chi connectivity index (χ3n) is 5.08. The number of aromatic nitrogens is 4. The fourth-order valence-corrected chi connectivity index (χ4v) is 3.59. The first-order valence-electron chi connectivity index (χ1n) is 10.4. The van der Waals surface area contributed by atoms with Crippen molar-refractivity contribution >= 4 is 5.97 Å². The van der Waals surface area contributed by atoms with Gasteiger partial charge in [-0.3, -0.25) is 0 Å². The maximum atomic E-state index is 11.5. The Balaban J connectivity index is 1.56. The normalized spacial score (nSPS) is 10.9. The van der Waals surface area contributed by atoms with E-state index in [4.69, 9.17) is 10.1 Å². The molecule has 2 aromatic heterocycles.